The van der Waals surface area contributed by atoms with E-state index in [1.807, 2.05) is 50.2 Å². The van der Waals surface area contributed by atoms with E-state index in [2.05, 4.69) is 28.4 Å². The van der Waals surface area contributed by atoms with Gasteiger partial charge in [-0.1, -0.05) is 23.4 Å². The molecule has 0 fully saturated rings. The van der Waals surface area contributed by atoms with Crippen LogP contribution < -0.4 is 5.32 Å². The van der Waals surface area contributed by atoms with Crippen molar-refractivity contribution in [3.8, 4) is 11.3 Å². The van der Waals surface area contributed by atoms with Crippen LogP contribution in [0.25, 0.3) is 22.4 Å². The summed E-state index contributed by atoms with van der Waals surface area (Å²) in [6.45, 7) is 5.92. The van der Waals surface area contributed by atoms with Crippen molar-refractivity contribution in [2.45, 2.75) is 20.8 Å². The molecule has 130 valence electrons. The van der Waals surface area contributed by atoms with Gasteiger partial charge in [-0.25, -0.2) is 4.98 Å². The van der Waals surface area contributed by atoms with Gasteiger partial charge in [0.2, 0.25) is 0 Å². The molecule has 0 atom stereocenters. The van der Waals surface area contributed by atoms with Gasteiger partial charge in [-0.3, -0.25) is 4.79 Å². The molecule has 3 aromatic heterocycles. The Labute approximate surface area is 154 Å². The third-order valence-electron chi connectivity index (χ3n) is 4.21. The van der Waals surface area contributed by atoms with Gasteiger partial charge >= 0.3 is 0 Å². The average molecular weight is 363 g/mol. The van der Waals surface area contributed by atoms with E-state index in [9.17, 15) is 4.79 Å². The lowest BCUT2D eigenvalue weighted by molar-refractivity contribution is 0.102. The van der Waals surface area contributed by atoms with E-state index in [-0.39, 0.29) is 5.91 Å². The summed E-state index contributed by atoms with van der Waals surface area (Å²) < 4.78 is 5.36. The van der Waals surface area contributed by atoms with Crippen molar-refractivity contribution in [2.24, 2.45) is 0 Å². The standard InChI is InChI=1S/C20H17N3O2S/c1-11-9-15(13(3)26-11)17-10-16(18-12(2)23-25-20(18)22-17)19(24)21-14-7-5-4-6-8-14/h4-10H,1-3H3,(H,21,24). The van der Waals surface area contributed by atoms with E-state index in [1.54, 1.807) is 11.3 Å². The number of hydrogen-bond acceptors (Lipinski definition) is 5. The maximum Gasteiger partial charge on any atom is 0.259 e. The van der Waals surface area contributed by atoms with Crippen LogP contribution in [-0.2, 0) is 0 Å². The van der Waals surface area contributed by atoms with Crippen molar-refractivity contribution in [1.29, 1.82) is 0 Å². The molecule has 0 saturated heterocycles. The summed E-state index contributed by atoms with van der Waals surface area (Å²) >= 11 is 1.70. The first-order chi connectivity index (χ1) is 12.5. The largest absolute Gasteiger partial charge is 0.335 e. The zero-order valence-corrected chi connectivity index (χ0v) is 15.5. The Bertz CT molecular complexity index is 1110. The maximum atomic E-state index is 12.9. The second-order valence-electron chi connectivity index (χ2n) is 6.15. The van der Waals surface area contributed by atoms with Gasteiger partial charge < -0.3 is 9.84 Å². The number of aromatic nitrogens is 2. The van der Waals surface area contributed by atoms with Gasteiger partial charge in [0.1, 0.15) is 0 Å². The summed E-state index contributed by atoms with van der Waals surface area (Å²) in [6, 6.07) is 13.3. The van der Waals surface area contributed by atoms with Crippen molar-refractivity contribution in [3.05, 3.63) is 63.5 Å². The molecule has 0 aliphatic heterocycles. The Hall–Kier alpha value is -2.99. The highest BCUT2D eigenvalue weighted by Crippen LogP contribution is 2.33. The van der Waals surface area contributed by atoms with Crippen LogP contribution in [0.3, 0.4) is 0 Å². The molecule has 6 heteroatoms. The molecule has 4 aromatic rings. The fourth-order valence-electron chi connectivity index (χ4n) is 3.02. The van der Waals surface area contributed by atoms with Crippen LogP contribution in [-0.4, -0.2) is 16.0 Å². The average Bonchev–Trinajstić information content (AvgIpc) is 3.17. The zero-order valence-electron chi connectivity index (χ0n) is 14.7. The van der Waals surface area contributed by atoms with Crippen molar-refractivity contribution in [1.82, 2.24) is 10.1 Å². The Balaban J connectivity index is 1.85. The van der Waals surface area contributed by atoms with E-state index in [0.717, 1.165) is 16.1 Å². The third-order valence-corrected chi connectivity index (χ3v) is 5.18. The number of thiophene rings is 1. The Morgan fingerprint density at radius 1 is 1.12 bits per heavy atom. The van der Waals surface area contributed by atoms with Crippen LogP contribution in [0.2, 0.25) is 0 Å². The van der Waals surface area contributed by atoms with Gasteiger partial charge in [-0.15, -0.1) is 11.3 Å². The molecule has 1 aromatic carbocycles. The number of rotatable bonds is 3. The molecule has 0 aliphatic rings. The minimum Gasteiger partial charge on any atom is -0.335 e. The molecule has 0 unspecified atom stereocenters. The molecule has 0 bridgehead atoms. The number of hydrogen-bond donors (Lipinski definition) is 1. The lowest BCUT2D eigenvalue weighted by atomic mass is 10.1. The number of carbonyl (C=O) groups is 1. The second kappa shape index (κ2) is 6.38. The highest BCUT2D eigenvalue weighted by molar-refractivity contribution is 7.12. The molecule has 1 amide bonds. The molecular weight excluding hydrogens is 346 g/mol. The number of nitrogens with zero attached hydrogens (tertiary/aromatic N) is 2. The number of benzene rings is 1. The maximum absolute atomic E-state index is 12.9. The predicted octanol–water partition coefficient (Wildman–Crippen LogP) is 5.13. The number of amides is 1. The number of para-hydroxylation sites is 1. The Morgan fingerprint density at radius 2 is 1.88 bits per heavy atom. The fraction of sp³-hybridized carbons (Fsp3) is 0.150. The Kier molecular flexibility index (Phi) is 4.05. The number of fused-ring (bicyclic) bond motifs is 1. The smallest absolute Gasteiger partial charge is 0.259 e. The summed E-state index contributed by atoms with van der Waals surface area (Å²) in [6.07, 6.45) is 0. The lowest BCUT2D eigenvalue weighted by Gasteiger charge is -2.08. The molecule has 0 aliphatic carbocycles. The van der Waals surface area contributed by atoms with Gasteiger partial charge in [0.05, 0.1) is 22.3 Å². The molecular formula is C20H17N3O2S. The van der Waals surface area contributed by atoms with Crippen LogP contribution in [0, 0.1) is 20.8 Å². The van der Waals surface area contributed by atoms with Crippen molar-refractivity contribution >= 4 is 34.0 Å². The minimum atomic E-state index is -0.208. The lowest BCUT2D eigenvalue weighted by Crippen LogP contribution is -2.13. The summed E-state index contributed by atoms with van der Waals surface area (Å²) in [5, 5.41) is 7.57. The monoisotopic (exact) mass is 363 g/mol. The number of aryl methyl sites for hydroxylation is 3. The highest BCUT2D eigenvalue weighted by Gasteiger charge is 2.20. The van der Waals surface area contributed by atoms with Gasteiger partial charge in [0.25, 0.3) is 11.6 Å². The second-order valence-corrected chi connectivity index (χ2v) is 7.61. The van der Waals surface area contributed by atoms with Gasteiger partial charge in [0.15, 0.2) is 0 Å². The summed E-state index contributed by atoms with van der Waals surface area (Å²) in [5.74, 6) is -0.208. The number of anilines is 1. The molecule has 1 N–H and O–H groups in total. The van der Waals surface area contributed by atoms with Crippen molar-refractivity contribution in [3.63, 3.8) is 0 Å². The summed E-state index contributed by atoms with van der Waals surface area (Å²) in [5.41, 5.74) is 4.00. The zero-order chi connectivity index (χ0) is 18.3. The molecule has 4 rings (SSSR count). The first-order valence-electron chi connectivity index (χ1n) is 8.24. The molecule has 0 spiro atoms. The predicted molar refractivity (Wildman–Crippen MR) is 104 cm³/mol. The number of carbonyl (C=O) groups excluding carboxylic acids is 1. The normalized spacial score (nSPS) is 11.0. The summed E-state index contributed by atoms with van der Waals surface area (Å²) in [7, 11) is 0. The van der Waals surface area contributed by atoms with Crippen LogP contribution >= 0.6 is 11.3 Å². The van der Waals surface area contributed by atoms with E-state index in [0.29, 0.717) is 28.1 Å². The van der Waals surface area contributed by atoms with Gasteiger partial charge in [-0.2, -0.15) is 0 Å². The van der Waals surface area contributed by atoms with E-state index >= 15 is 0 Å². The fourth-order valence-corrected chi connectivity index (χ4v) is 3.95. The van der Waals surface area contributed by atoms with Crippen LogP contribution in [0.5, 0.6) is 0 Å². The quantitative estimate of drug-likeness (QED) is 0.548. The Morgan fingerprint density at radius 3 is 2.58 bits per heavy atom. The molecule has 0 radical (unpaired) electrons. The highest BCUT2D eigenvalue weighted by atomic mass is 32.1. The topological polar surface area (TPSA) is 68.0 Å². The van der Waals surface area contributed by atoms with E-state index in [1.165, 1.54) is 4.88 Å². The number of pyridine rings is 1. The first-order valence-corrected chi connectivity index (χ1v) is 9.05. The first kappa shape index (κ1) is 16.5. The number of nitrogens with one attached hydrogen (secondary N) is 1. The van der Waals surface area contributed by atoms with Crippen molar-refractivity contribution < 1.29 is 9.32 Å². The molecule has 0 saturated carbocycles. The van der Waals surface area contributed by atoms with E-state index < -0.39 is 0 Å². The van der Waals surface area contributed by atoms with Gasteiger partial charge in [0, 0.05) is 21.0 Å². The summed E-state index contributed by atoms with van der Waals surface area (Å²) in [4.78, 5) is 19.9. The van der Waals surface area contributed by atoms with Gasteiger partial charge in [-0.05, 0) is 45.0 Å². The molecule has 3 heterocycles. The SMILES string of the molecule is Cc1cc(-c2cc(C(=O)Nc3ccccc3)c3c(C)noc3n2)c(C)s1. The van der Waals surface area contributed by atoms with E-state index in [4.69, 9.17) is 4.52 Å². The third kappa shape index (κ3) is 2.88. The van der Waals surface area contributed by atoms with Crippen LogP contribution in [0.4, 0.5) is 5.69 Å². The molecule has 5 nitrogen and oxygen atoms in total. The van der Waals surface area contributed by atoms with Crippen molar-refractivity contribution in [2.75, 3.05) is 5.32 Å². The van der Waals surface area contributed by atoms with Crippen LogP contribution in [0.1, 0.15) is 25.8 Å². The molecule has 26 heavy (non-hydrogen) atoms. The minimum absolute atomic E-state index is 0.208. The van der Waals surface area contributed by atoms with Crippen LogP contribution in [0.15, 0.2) is 47.0 Å².